The van der Waals surface area contributed by atoms with Gasteiger partial charge in [-0.2, -0.15) is 0 Å². The van der Waals surface area contributed by atoms with Crippen LogP contribution in [0.15, 0.2) is 41.2 Å². The minimum Gasteiger partial charge on any atom is -0.372 e. The van der Waals surface area contributed by atoms with Crippen molar-refractivity contribution in [2.75, 3.05) is 32.8 Å². The van der Waals surface area contributed by atoms with Crippen molar-refractivity contribution in [3.8, 4) is 0 Å². The van der Waals surface area contributed by atoms with Gasteiger partial charge in [-0.05, 0) is 24.6 Å². The van der Waals surface area contributed by atoms with Crippen LogP contribution in [0.4, 0.5) is 4.39 Å². The predicted molar refractivity (Wildman–Crippen MR) is 89.0 cm³/mol. The van der Waals surface area contributed by atoms with Crippen LogP contribution in [0.3, 0.4) is 0 Å². The average molecular weight is 318 g/mol. The van der Waals surface area contributed by atoms with Gasteiger partial charge in [0.2, 0.25) is 5.79 Å². The van der Waals surface area contributed by atoms with Crippen LogP contribution in [0, 0.1) is 5.82 Å². The second-order valence-corrected chi connectivity index (χ2v) is 5.82. The van der Waals surface area contributed by atoms with Crippen LogP contribution >= 0.6 is 0 Å². The first kappa shape index (κ1) is 15.9. The van der Waals surface area contributed by atoms with Crippen molar-refractivity contribution >= 4 is 6.21 Å². The van der Waals surface area contributed by atoms with Crippen molar-refractivity contribution in [3.05, 3.63) is 47.5 Å². The molecule has 0 aliphatic carbocycles. The zero-order valence-corrected chi connectivity index (χ0v) is 13.1. The second kappa shape index (κ2) is 7.08. The molecule has 1 unspecified atom stereocenters. The Morgan fingerprint density at radius 3 is 3.13 bits per heavy atom. The predicted octanol–water partition coefficient (Wildman–Crippen LogP) is 0.253. The van der Waals surface area contributed by atoms with Crippen molar-refractivity contribution in [2.45, 2.75) is 12.2 Å². The number of nitrogens with zero attached hydrogens (tertiary/aromatic N) is 2. The fraction of sp³-hybridized carbons (Fsp3) is 0.438. The van der Waals surface area contributed by atoms with E-state index in [0.29, 0.717) is 5.56 Å². The number of nitrogens with one attached hydrogen (secondary N) is 3. The highest BCUT2D eigenvalue weighted by Gasteiger charge is 2.28. The first-order valence-corrected chi connectivity index (χ1v) is 7.91. The van der Waals surface area contributed by atoms with E-state index in [4.69, 9.17) is 5.73 Å². The van der Waals surface area contributed by atoms with Crippen molar-refractivity contribution < 1.29 is 4.39 Å². The smallest absolute Gasteiger partial charge is 0.210 e. The number of halogens is 1. The Labute approximate surface area is 135 Å². The average Bonchev–Trinajstić information content (AvgIpc) is 3.05. The van der Waals surface area contributed by atoms with Crippen LogP contribution < -0.4 is 21.7 Å². The van der Waals surface area contributed by atoms with E-state index >= 15 is 0 Å². The van der Waals surface area contributed by atoms with Gasteiger partial charge in [-0.25, -0.2) is 9.38 Å². The van der Waals surface area contributed by atoms with Crippen LogP contribution in [-0.4, -0.2) is 44.0 Å². The van der Waals surface area contributed by atoms with E-state index in [-0.39, 0.29) is 5.82 Å². The van der Waals surface area contributed by atoms with Gasteiger partial charge in [0, 0.05) is 44.6 Å². The zero-order chi connectivity index (χ0) is 16.1. The molecular weight excluding hydrogens is 295 g/mol. The number of rotatable bonds is 6. The maximum Gasteiger partial charge on any atom is 0.210 e. The molecule has 2 aliphatic rings. The summed E-state index contributed by atoms with van der Waals surface area (Å²) in [6, 6.07) is 6.18. The fourth-order valence-electron chi connectivity index (χ4n) is 2.75. The molecule has 3 rings (SSSR count). The maximum atomic E-state index is 13.4. The van der Waals surface area contributed by atoms with Crippen LogP contribution in [0.1, 0.15) is 12.0 Å². The summed E-state index contributed by atoms with van der Waals surface area (Å²) >= 11 is 0. The van der Waals surface area contributed by atoms with Gasteiger partial charge in [-0.15, -0.1) is 0 Å². The van der Waals surface area contributed by atoms with Crippen molar-refractivity contribution in [1.29, 1.82) is 0 Å². The van der Waals surface area contributed by atoms with Crippen LogP contribution in [-0.2, 0) is 5.79 Å². The van der Waals surface area contributed by atoms with Gasteiger partial charge in [0.05, 0.1) is 0 Å². The summed E-state index contributed by atoms with van der Waals surface area (Å²) in [6.45, 7) is 5.04. The summed E-state index contributed by atoms with van der Waals surface area (Å²) < 4.78 is 13.4. The van der Waals surface area contributed by atoms with E-state index in [1.165, 1.54) is 12.1 Å². The molecule has 0 aromatic heterocycles. The number of hydrogen-bond acceptors (Lipinski definition) is 6. The number of allylic oxidation sites excluding steroid dienone is 1. The molecule has 1 saturated heterocycles. The molecular formula is C16H23FN6. The molecule has 0 spiro atoms. The molecule has 2 heterocycles. The van der Waals surface area contributed by atoms with Gasteiger partial charge >= 0.3 is 0 Å². The van der Waals surface area contributed by atoms with Crippen LogP contribution in [0.25, 0.3) is 0 Å². The summed E-state index contributed by atoms with van der Waals surface area (Å²) in [6.07, 6.45) is 4.52. The summed E-state index contributed by atoms with van der Waals surface area (Å²) in [5.74, 6) is -0.670. The van der Waals surface area contributed by atoms with Crippen LogP contribution in [0.5, 0.6) is 0 Å². The summed E-state index contributed by atoms with van der Waals surface area (Å²) in [7, 11) is 0. The lowest BCUT2D eigenvalue weighted by Gasteiger charge is -2.31. The Kier molecular flexibility index (Phi) is 4.90. The van der Waals surface area contributed by atoms with Gasteiger partial charge in [-0.1, -0.05) is 12.1 Å². The Balaban J connectivity index is 1.51. The quantitative estimate of drug-likeness (QED) is 0.566. The highest BCUT2D eigenvalue weighted by molar-refractivity contribution is 5.73. The van der Waals surface area contributed by atoms with E-state index in [9.17, 15) is 4.39 Å². The lowest BCUT2D eigenvalue weighted by molar-refractivity contribution is 0.325. The Bertz CT molecular complexity index is 596. The topological polar surface area (TPSA) is 77.7 Å². The third-order valence-corrected chi connectivity index (χ3v) is 4.02. The highest BCUT2D eigenvalue weighted by atomic mass is 19.1. The first-order chi connectivity index (χ1) is 11.2. The first-order valence-electron chi connectivity index (χ1n) is 7.91. The van der Waals surface area contributed by atoms with Gasteiger partial charge in [0.15, 0.2) is 0 Å². The van der Waals surface area contributed by atoms with Gasteiger partial charge in [0.25, 0.3) is 0 Å². The minimum atomic E-state index is -1.14. The molecule has 5 N–H and O–H groups in total. The maximum absolute atomic E-state index is 13.4. The van der Waals surface area contributed by atoms with Crippen molar-refractivity contribution in [1.82, 2.24) is 20.9 Å². The number of nitrogens with two attached hydrogens (primary N) is 1. The minimum absolute atomic E-state index is 0.326. The number of hydrogen-bond donors (Lipinski definition) is 4. The molecule has 0 amide bonds. The lowest BCUT2D eigenvalue weighted by Crippen LogP contribution is -2.52. The molecule has 1 aromatic rings. The third-order valence-electron chi connectivity index (χ3n) is 4.02. The fourth-order valence-corrected chi connectivity index (χ4v) is 2.75. The SMILES string of the molecule is NC1(c2cccc(F)c2)N=CC=C(NCCCN2CCNC2)N1. The monoisotopic (exact) mass is 318 g/mol. The molecule has 124 valence electrons. The number of aliphatic imine (C=N–C) groups is 1. The third kappa shape index (κ3) is 4.07. The molecule has 1 fully saturated rings. The zero-order valence-electron chi connectivity index (χ0n) is 13.1. The molecule has 23 heavy (non-hydrogen) atoms. The Hall–Kier alpha value is -1.96. The van der Waals surface area contributed by atoms with E-state index in [0.717, 1.165) is 45.1 Å². The van der Waals surface area contributed by atoms with Gasteiger partial charge in [-0.3, -0.25) is 10.6 Å². The van der Waals surface area contributed by atoms with Crippen molar-refractivity contribution in [3.63, 3.8) is 0 Å². The number of benzene rings is 1. The summed E-state index contributed by atoms with van der Waals surface area (Å²) in [5, 5.41) is 9.78. The molecule has 1 atom stereocenters. The normalized spacial score (nSPS) is 24.3. The lowest BCUT2D eigenvalue weighted by atomic mass is 10.1. The molecule has 1 aromatic carbocycles. The van der Waals surface area contributed by atoms with E-state index in [1.54, 1.807) is 18.3 Å². The van der Waals surface area contributed by atoms with Crippen LogP contribution in [0.2, 0.25) is 0 Å². The van der Waals surface area contributed by atoms with Gasteiger partial charge in [0.1, 0.15) is 11.6 Å². The molecule has 6 nitrogen and oxygen atoms in total. The molecule has 2 aliphatic heterocycles. The molecule has 7 heteroatoms. The summed E-state index contributed by atoms with van der Waals surface area (Å²) in [5.41, 5.74) is 6.86. The largest absolute Gasteiger partial charge is 0.372 e. The van der Waals surface area contributed by atoms with E-state index < -0.39 is 5.79 Å². The van der Waals surface area contributed by atoms with Crippen molar-refractivity contribution in [2.24, 2.45) is 10.7 Å². The highest BCUT2D eigenvalue weighted by Crippen LogP contribution is 2.20. The van der Waals surface area contributed by atoms with E-state index in [2.05, 4.69) is 25.8 Å². The molecule has 0 saturated carbocycles. The second-order valence-electron chi connectivity index (χ2n) is 5.82. The van der Waals surface area contributed by atoms with Gasteiger partial charge < -0.3 is 16.0 Å². The van der Waals surface area contributed by atoms with E-state index in [1.807, 2.05) is 6.08 Å². The molecule has 0 bridgehead atoms. The Morgan fingerprint density at radius 1 is 1.43 bits per heavy atom. The molecule has 0 radical (unpaired) electrons. The Morgan fingerprint density at radius 2 is 2.35 bits per heavy atom. The summed E-state index contributed by atoms with van der Waals surface area (Å²) in [4.78, 5) is 6.64. The standard InChI is InChI=1S/C16H23FN6/c17-14-4-1-3-13(11-14)16(18)21-7-5-15(22-16)20-6-2-9-23-10-8-19-12-23/h1,3-5,7,11,19-20,22H,2,6,8-10,12,18H2.